The van der Waals surface area contributed by atoms with Crippen molar-refractivity contribution in [2.75, 3.05) is 5.32 Å². The smallest absolute Gasteiger partial charge is 0.274 e. The predicted molar refractivity (Wildman–Crippen MR) is 74.0 cm³/mol. The quantitative estimate of drug-likeness (QED) is 0.630. The van der Waals surface area contributed by atoms with Gasteiger partial charge in [0.25, 0.3) is 5.69 Å². The van der Waals surface area contributed by atoms with Crippen molar-refractivity contribution >= 4 is 17.3 Å². The highest BCUT2D eigenvalue weighted by molar-refractivity contribution is 5.91. The summed E-state index contributed by atoms with van der Waals surface area (Å²) < 4.78 is 0. The first-order valence-corrected chi connectivity index (χ1v) is 6.09. The van der Waals surface area contributed by atoms with E-state index in [2.05, 4.69) is 5.32 Å². The summed E-state index contributed by atoms with van der Waals surface area (Å²) >= 11 is 0. The molecule has 6 heteroatoms. The van der Waals surface area contributed by atoms with Crippen molar-refractivity contribution < 1.29 is 9.72 Å². The van der Waals surface area contributed by atoms with E-state index in [4.69, 9.17) is 5.73 Å². The predicted octanol–water partition coefficient (Wildman–Crippen LogP) is 2.22. The summed E-state index contributed by atoms with van der Waals surface area (Å²) in [5.41, 5.74) is 6.21. The minimum absolute atomic E-state index is 0.0207. The summed E-state index contributed by atoms with van der Waals surface area (Å²) in [6, 6.07) is 4.69. The van der Waals surface area contributed by atoms with E-state index in [1.54, 1.807) is 26.0 Å². The van der Waals surface area contributed by atoms with Crippen LogP contribution in [-0.2, 0) is 11.2 Å². The van der Waals surface area contributed by atoms with Crippen molar-refractivity contribution in [3.05, 3.63) is 33.9 Å². The lowest BCUT2D eigenvalue weighted by Gasteiger charge is -2.17. The third-order valence-corrected chi connectivity index (χ3v) is 2.56. The van der Waals surface area contributed by atoms with Gasteiger partial charge < -0.3 is 11.1 Å². The molecular weight excluding hydrogens is 246 g/mol. The third kappa shape index (κ3) is 4.67. The van der Waals surface area contributed by atoms with Crippen LogP contribution in [-0.4, -0.2) is 16.4 Å². The Kier molecular flexibility index (Phi) is 4.61. The first kappa shape index (κ1) is 15.1. The number of hydrogen-bond donors (Lipinski definition) is 2. The summed E-state index contributed by atoms with van der Waals surface area (Å²) in [7, 11) is 0. The number of anilines is 1. The molecule has 0 atom stereocenters. The van der Waals surface area contributed by atoms with Crippen LogP contribution in [0.2, 0.25) is 0 Å². The molecule has 0 aliphatic rings. The number of benzene rings is 1. The second kappa shape index (κ2) is 5.79. The fraction of sp³-hybridized carbons (Fsp3) is 0.462. The number of carbonyl (C=O) groups excluding carboxylic acids is 1. The number of nitro benzene ring substituents is 1. The van der Waals surface area contributed by atoms with E-state index in [-0.39, 0.29) is 18.0 Å². The second-order valence-electron chi connectivity index (χ2n) is 5.17. The lowest BCUT2D eigenvalue weighted by Crippen LogP contribution is -2.36. The van der Waals surface area contributed by atoms with E-state index in [0.29, 0.717) is 17.7 Å². The normalized spacial score (nSPS) is 11.2. The third-order valence-electron chi connectivity index (χ3n) is 2.56. The molecule has 0 aromatic heterocycles. The molecule has 1 aromatic rings. The maximum absolute atomic E-state index is 11.7. The van der Waals surface area contributed by atoms with Crippen LogP contribution in [0.4, 0.5) is 11.4 Å². The largest absolute Gasteiger partial charge is 0.326 e. The van der Waals surface area contributed by atoms with E-state index in [1.165, 1.54) is 6.07 Å². The lowest BCUT2D eigenvalue weighted by atomic mass is 10.0. The Bertz CT molecular complexity index is 492. The molecule has 3 N–H and O–H groups in total. The molecule has 0 unspecified atom stereocenters. The Morgan fingerprint density at radius 1 is 1.47 bits per heavy atom. The number of nitrogens with zero attached hydrogens (tertiary/aromatic N) is 1. The van der Waals surface area contributed by atoms with E-state index >= 15 is 0 Å². The molecular formula is C13H19N3O3. The molecule has 1 rings (SSSR count). The maximum Gasteiger partial charge on any atom is 0.274 e. The monoisotopic (exact) mass is 265 g/mol. The minimum atomic E-state index is -0.612. The van der Waals surface area contributed by atoms with Gasteiger partial charge in [0, 0.05) is 29.3 Å². The van der Waals surface area contributed by atoms with Gasteiger partial charge in [0.15, 0.2) is 0 Å². The molecule has 0 radical (unpaired) electrons. The van der Waals surface area contributed by atoms with Gasteiger partial charge in [-0.2, -0.15) is 0 Å². The van der Waals surface area contributed by atoms with Crippen molar-refractivity contribution in [2.45, 2.75) is 39.2 Å². The Morgan fingerprint density at radius 2 is 2.11 bits per heavy atom. The van der Waals surface area contributed by atoms with Gasteiger partial charge in [-0.25, -0.2) is 0 Å². The molecule has 0 bridgehead atoms. The Morgan fingerprint density at radius 3 is 2.58 bits per heavy atom. The molecule has 0 heterocycles. The molecule has 0 saturated carbocycles. The fourth-order valence-corrected chi connectivity index (χ4v) is 1.73. The van der Waals surface area contributed by atoms with Gasteiger partial charge in [0.05, 0.1) is 4.92 Å². The van der Waals surface area contributed by atoms with Gasteiger partial charge in [-0.15, -0.1) is 0 Å². The van der Waals surface area contributed by atoms with Crippen LogP contribution in [0.25, 0.3) is 0 Å². The van der Waals surface area contributed by atoms with Crippen molar-refractivity contribution in [1.82, 2.24) is 0 Å². The zero-order chi connectivity index (χ0) is 14.6. The van der Waals surface area contributed by atoms with Gasteiger partial charge in [-0.3, -0.25) is 14.9 Å². The van der Waals surface area contributed by atoms with Gasteiger partial charge in [0.2, 0.25) is 5.91 Å². The van der Waals surface area contributed by atoms with Crippen LogP contribution < -0.4 is 11.1 Å². The summed E-state index contributed by atoms with van der Waals surface area (Å²) in [5, 5.41) is 13.5. The van der Waals surface area contributed by atoms with Crippen molar-refractivity contribution in [3.8, 4) is 0 Å². The molecule has 1 amide bonds. The van der Waals surface area contributed by atoms with Gasteiger partial charge in [-0.05, 0) is 26.3 Å². The van der Waals surface area contributed by atoms with Crippen molar-refractivity contribution in [1.29, 1.82) is 0 Å². The summed E-state index contributed by atoms with van der Waals surface area (Å²) in [5.74, 6) is -0.258. The number of nitrogens with one attached hydrogen (secondary N) is 1. The first-order valence-electron chi connectivity index (χ1n) is 6.09. The molecule has 0 spiro atoms. The Balaban J connectivity index is 2.88. The van der Waals surface area contributed by atoms with Crippen molar-refractivity contribution in [3.63, 3.8) is 0 Å². The second-order valence-corrected chi connectivity index (χ2v) is 5.17. The average Bonchev–Trinajstić information content (AvgIpc) is 2.26. The highest BCUT2D eigenvalue weighted by Crippen LogP contribution is 2.24. The van der Waals surface area contributed by atoms with E-state index in [9.17, 15) is 14.9 Å². The number of nitrogens with two attached hydrogens (primary N) is 1. The number of rotatable bonds is 5. The standard InChI is InChI=1S/C13H19N3O3/c1-4-9-5-6-10(7-11(9)16(18)19)15-12(17)8-13(2,3)14/h5-7H,4,8,14H2,1-3H3,(H,15,17). The zero-order valence-corrected chi connectivity index (χ0v) is 11.4. The van der Waals surface area contributed by atoms with Crippen LogP contribution in [0.1, 0.15) is 32.8 Å². The molecule has 0 fully saturated rings. The molecule has 6 nitrogen and oxygen atoms in total. The molecule has 0 saturated heterocycles. The highest BCUT2D eigenvalue weighted by atomic mass is 16.6. The van der Waals surface area contributed by atoms with Crippen LogP contribution in [0, 0.1) is 10.1 Å². The van der Waals surface area contributed by atoms with E-state index in [0.717, 1.165) is 0 Å². The Labute approximate surface area is 112 Å². The SMILES string of the molecule is CCc1ccc(NC(=O)CC(C)(C)N)cc1[N+](=O)[O-]. The van der Waals surface area contributed by atoms with Gasteiger partial charge >= 0.3 is 0 Å². The molecule has 104 valence electrons. The van der Waals surface area contributed by atoms with Crippen LogP contribution in [0.15, 0.2) is 18.2 Å². The van der Waals surface area contributed by atoms with Crippen LogP contribution in [0.5, 0.6) is 0 Å². The fourth-order valence-electron chi connectivity index (χ4n) is 1.73. The van der Waals surface area contributed by atoms with Crippen LogP contribution >= 0.6 is 0 Å². The van der Waals surface area contributed by atoms with Crippen molar-refractivity contribution in [2.24, 2.45) is 5.73 Å². The Hall–Kier alpha value is -1.95. The van der Waals surface area contributed by atoms with Crippen LogP contribution in [0.3, 0.4) is 0 Å². The highest BCUT2D eigenvalue weighted by Gasteiger charge is 2.18. The molecule has 1 aromatic carbocycles. The molecule has 0 aliphatic carbocycles. The lowest BCUT2D eigenvalue weighted by molar-refractivity contribution is -0.385. The van der Waals surface area contributed by atoms with Gasteiger partial charge in [0.1, 0.15) is 0 Å². The number of hydrogen-bond acceptors (Lipinski definition) is 4. The number of amides is 1. The minimum Gasteiger partial charge on any atom is -0.326 e. The number of carbonyl (C=O) groups is 1. The van der Waals surface area contributed by atoms with E-state index < -0.39 is 10.5 Å². The summed E-state index contributed by atoms with van der Waals surface area (Å²) in [4.78, 5) is 22.2. The molecule has 0 aliphatic heterocycles. The average molecular weight is 265 g/mol. The first-order chi connectivity index (χ1) is 8.73. The maximum atomic E-state index is 11.7. The summed E-state index contributed by atoms with van der Waals surface area (Å²) in [6.07, 6.45) is 0.719. The molecule has 19 heavy (non-hydrogen) atoms. The summed E-state index contributed by atoms with van der Waals surface area (Å²) in [6.45, 7) is 5.34. The number of aryl methyl sites for hydroxylation is 1. The number of nitro groups is 1. The topological polar surface area (TPSA) is 98.3 Å². The zero-order valence-electron chi connectivity index (χ0n) is 11.4. The van der Waals surface area contributed by atoms with Gasteiger partial charge in [-0.1, -0.05) is 13.0 Å². The van der Waals surface area contributed by atoms with E-state index in [1.807, 2.05) is 6.92 Å².